The molecular formula is C29H24FN3O3S. The normalized spacial score (nSPS) is 11.5. The number of halogens is 1. The van der Waals surface area contributed by atoms with Crippen molar-refractivity contribution in [3.63, 3.8) is 0 Å². The van der Waals surface area contributed by atoms with Crippen molar-refractivity contribution in [1.82, 2.24) is 10.1 Å². The van der Waals surface area contributed by atoms with Crippen LogP contribution in [0.3, 0.4) is 0 Å². The highest BCUT2D eigenvalue weighted by Crippen LogP contribution is 2.31. The standard InChI is InChI=1S/C29H24FN3O3S/c1-18-8-12-23(13-9-18)37(34,35)33-27-15-11-21(17-26(27)30)28-31-29(36-32-28)22-10-14-25(20(3)16-22)24-7-5-4-6-19(24)2/h4-17,33H,1-3H3. The van der Waals surface area contributed by atoms with Crippen molar-refractivity contribution < 1.29 is 17.3 Å². The molecule has 0 atom stereocenters. The van der Waals surface area contributed by atoms with Crippen LogP contribution in [0.1, 0.15) is 16.7 Å². The van der Waals surface area contributed by atoms with Crippen LogP contribution in [-0.4, -0.2) is 18.6 Å². The van der Waals surface area contributed by atoms with Crippen LogP contribution < -0.4 is 4.72 Å². The van der Waals surface area contributed by atoms with Crippen molar-refractivity contribution in [2.45, 2.75) is 25.7 Å². The zero-order chi connectivity index (χ0) is 26.2. The van der Waals surface area contributed by atoms with E-state index in [1.807, 2.05) is 44.2 Å². The lowest BCUT2D eigenvalue weighted by Crippen LogP contribution is -2.14. The van der Waals surface area contributed by atoms with Gasteiger partial charge in [-0.15, -0.1) is 0 Å². The first-order chi connectivity index (χ1) is 17.7. The summed E-state index contributed by atoms with van der Waals surface area (Å²) >= 11 is 0. The summed E-state index contributed by atoms with van der Waals surface area (Å²) in [6, 6.07) is 24.4. The van der Waals surface area contributed by atoms with Crippen molar-refractivity contribution in [3.05, 3.63) is 107 Å². The fraction of sp³-hybridized carbons (Fsp3) is 0.103. The molecule has 0 aliphatic rings. The lowest BCUT2D eigenvalue weighted by Gasteiger charge is -2.10. The Balaban J connectivity index is 1.38. The Kier molecular flexibility index (Phi) is 6.35. The molecule has 0 saturated heterocycles. The molecule has 0 amide bonds. The van der Waals surface area contributed by atoms with E-state index in [4.69, 9.17) is 4.52 Å². The zero-order valence-corrected chi connectivity index (χ0v) is 21.3. The van der Waals surface area contributed by atoms with Gasteiger partial charge >= 0.3 is 0 Å². The van der Waals surface area contributed by atoms with E-state index in [0.717, 1.165) is 27.8 Å². The van der Waals surface area contributed by atoms with E-state index in [1.165, 1.54) is 35.9 Å². The number of anilines is 1. The molecule has 0 aliphatic heterocycles. The Morgan fingerprint density at radius 1 is 0.784 bits per heavy atom. The number of hydrogen-bond acceptors (Lipinski definition) is 5. The lowest BCUT2D eigenvalue weighted by molar-refractivity contribution is 0.432. The molecule has 1 heterocycles. The molecule has 0 aliphatic carbocycles. The molecule has 0 spiro atoms. The summed E-state index contributed by atoms with van der Waals surface area (Å²) in [5.74, 6) is -0.251. The molecule has 1 aromatic heterocycles. The molecule has 1 N–H and O–H groups in total. The molecule has 0 radical (unpaired) electrons. The van der Waals surface area contributed by atoms with E-state index in [0.29, 0.717) is 11.5 Å². The molecule has 5 aromatic rings. The van der Waals surface area contributed by atoms with Gasteiger partial charge in [-0.05, 0) is 85.5 Å². The van der Waals surface area contributed by atoms with Gasteiger partial charge in [-0.3, -0.25) is 4.72 Å². The summed E-state index contributed by atoms with van der Waals surface area (Å²) in [6.45, 7) is 5.95. The molecule has 37 heavy (non-hydrogen) atoms. The fourth-order valence-electron chi connectivity index (χ4n) is 4.09. The van der Waals surface area contributed by atoms with E-state index in [9.17, 15) is 12.8 Å². The number of nitrogens with one attached hydrogen (secondary N) is 1. The van der Waals surface area contributed by atoms with Crippen LogP contribution in [0.15, 0.2) is 94.3 Å². The molecular weight excluding hydrogens is 489 g/mol. The average molecular weight is 514 g/mol. The van der Waals surface area contributed by atoms with Gasteiger partial charge in [-0.2, -0.15) is 4.98 Å². The number of hydrogen-bond donors (Lipinski definition) is 1. The van der Waals surface area contributed by atoms with Crippen LogP contribution in [0.2, 0.25) is 0 Å². The monoisotopic (exact) mass is 513 g/mol. The third-order valence-corrected chi connectivity index (χ3v) is 7.52. The molecule has 0 fully saturated rings. The molecule has 8 heteroatoms. The Morgan fingerprint density at radius 2 is 1.49 bits per heavy atom. The Morgan fingerprint density at radius 3 is 2.19 bits per heavy atom. The third-order valence-electron chi connectivity index (χ3n) is 6.14. The molecule has 186 valence electrons. The lowest BCUT2D eigenvalue weighted by atomic mass is 9.95. The molecule has 4 aromatic carbocycles. The van der Waals surface area contributed by atoms with Crippen LogP contribution in [0.25, 0.3) is 34.0 Å². The maximum Gasteiger partial charge on any atom is 0.261 e. The van der Waals surface area contributed by atoms with E-state index >= 15 is 0 Å². The van der Waals surface area contributed by atoms with Crippen molar-refractivity contribution in [2.75, 3.05) is 4.72 Å². The van der Waals surface area contributed by atoms with E-state index in [-0.39, 0.29) is 16.4 Å². The molecule has 5 rings (SSSR count). The van der Waals surface area contributed by atoms with Crippen molar-refractivity contribution in [2.24, 2.45) is 0 Å². The number of benzene rings is 4. The second-order valence-corrected chi connectivity index (χ2v) is 10.6. The third kappa shape index (κ3) is 5.01. The van der Waals surface area contributed by atoms with Crippen molar-refractivity contribution in [3.8, 4) is 34.0 Å². The van der Waals surface area contributed by atoms with Crippen LogP contribution in [0.5, 0.6) is 0 Å². The molecule has 6 nitrogen and oxygen atoms in total. The highest BCUT2D eigenvalue weighted by molar-refractivity contribution is 7.92. The largest absolute Gasteiger partial charge is 0.334 e. The Bertz CT molecular complexity index is 1710. The van der Waals surface area contributed by atoms with E-state index in [2.05, 4.69) is 33.9 Å². The van der Waals surface area contributed by atoms with E-state index < -0.39 is 15.8 Å². The highest BCUT2D eigenvalue weighted by Gasteiger charge is 2.18. The number of aromatic nitrogens is 2. The Labute approximate surface area is 214 Å². The van der Waals surface area contributed by atoms with Crippen LogP contribution in [0.4, 0.5) is 10.1 Å². The molecule has 0 unspecified atom stereocenters. The van der Waals surface area contributed by atoms with Gasteiger partial charge in [0.2, 0.25) is 5.82 Å². The van der Waals surface area contributed by atoms with Crippen LogP contribution >= 0.6 is 0 Å². The second kappa shape index (κ2) is 9.63. The van der Waals surface area contributed by atoms with Crippen LogP contribution in [-0.2, 0) is 10.0 Å². The van der Waals surface area contributed by atoms with Gasteiger partial charge in [-0.1, -0.05) is 53.2 Å². The minimum absolute atomic E-state index is 0.0492. The smallest absolute Gasteiger partial charge is 0.261 e. The first-order valence-electron chi connectivity index (χ1n) is 11.6. The predicted octanol–water partition coefficient (Wildman–Crippen LogP) is 6.94. The number of sulfonamides is 1. The van der Waals surface area contributed by atoms with Gasteiger partial charge in [0.1, 0.15) is 5.82 Å². The van der Waals surface area contributed by atoms with Gasteiger partial charge < -0.3 is 4.52 Å². The zero-order valence-electron chi connectivity index (χ0n) is 20.5. The number of nitrogens with zero attached hydrogens (tertiary/aromatic N) is 2. The summed E-state index contributed by atoms with van der Waals surface area (Å²) in [5.41, 5.74) is 6.38. The molecule has 0 bridgehead atoms. The summed E-state index contributed by atoms with van der Waals surface area (Å²) in [6.07, 6.45) is 0. The number of aryl methyl sites for hydroxylation is 3. The summed E-state index contributed by atoms with van der Waals surface area (Å²) in [5, 5.41) is 4.00. The van der Waals surface area contributed by atoms with Gasteiger partial charge in [0, 0.05) is 11.1 Å². The topological polar surface area (TPSA) is 85.1 Å². The van der Waals surface area contributed by atoms with Crippen molar-refractivity contribution in [1.29, 1.82) is 0 Å². The SMILES string of the molecule is Cc1ccc(S(=O)(=O)Nc2ccc(-c3noc(-c4ccc(-c5ccccc5C)c(C)c4)n3)cc2F)cc1. The first kappa shape index (κ1) is 24.4. The summed E-state index contributed by atoms with van der Waals surface area (Å²) in [7, 11) is -3.93. The summed E-state index contributed by atoms with van der Waals surface area (Å²) < 4.78 is 47.8. The number of rotatable bonds is 6. The maximum atomic E-state index is 14.9. The van der Waals surface area contributed by atoms with Gasteiger partial charge in [-0.25, -0.2) is 12.8 Å². The van der Waals surface area contributed by atoms with E-state index in [1.54, 1.807) is 12.1 Å². The highest BCUT2D eigenvalue weighted by atomic mass is 32.2. The van der Waals surface area contributed by atoms with Gasteiger partial charge in [0.05, 0.1) is 10.6 Å². The minimum atomic E-state index is -3.93. The average Bonchev–Trinajstić information content (AvgIpc) is 3.36. The van der Waals surface area contributed by atoms with Gasteiger partial charge in [0.25, 0.3) is 15.9 Å². The fourth-order valence-corrected chi connectivity index (χ4v) is 5.16. The van der Waals surface area contributed by atoms with Gasteiger partial charge in [0.15, 0.2) is 0 Å². The minimum Gasteiger partial charge on any atom is -0.334 e. The first-order valence-corrected chi connectivity index (χ1v) is 13.1. The van der Waals surface area contributed by atoms with Crippen molar-refractivity contribution >= 4 is 15.7 Å². The quantitative estimate of drug-likeness (QED) is 0.266. The Hall–Kier alpha value is -4.30. The second-order valence-electron chi connectivity index (χ2n) is 8.88. The molecule has 0 saturated carbocycles. The van der Waals surface area contributed by atoms with Crippen LogP contribution in [0, 0.1) is 26.6 Å². The summed E-state index contributed by atoms with van der Waals surface area (Å²) in [4.78, 5) is 4.48. The predicted molar refractivity (Wildman–Crippen MR) is 142 cm³/mol. The maximum absolute atomic E-state index is 14.9.